The Balaban J connectivity index is 1.75. The third-order valence-electron chi connectivity index (χ3n) is 4.14. The molecule has 1 saturated carbocycles. The molecule has 1 heterocycles. The van der Waals surface area contributed by atoms with Crippen LogP contribution in [0.5, 0.6) is 0 Å². The molecule has 1 aromatic rings. The fraction of sp³-hybridized carbons (Fsp3) is 0.667. The molecular weight excluding hydrogens is 304 g/mol. The van der Waals surface area contributed by atoms with Crippen molar-refractivity contribution in [2.24, 2.45) is 5.92 Å². The lowest BCUT2D eigenvalue weighted by molar-refractivity contribution is 0.0919. The molecule has 2 rings (SSSR count). The molecule has 1 fully saturated rings. The SMILES string of the molecule is CNS(=O)(=O)c1ccc(C(=O)NCCCC2CCCCC2)o1. The van der Waals surface area contributed by atoms with Crippen molar-refractivity contribution in [3.05, 3.63) is 17.9 Å². The van der Waals surface area contributed by atoms with Gasteiger partial charge >= 0.3 is 0 Å². The number of nitrogens with one attached hydrogen (secondary N) is 2. The smallest absolute Gasteiger partial charge is 0.287 e. The van der Waals surface area contributed by atoms with Gasteiger partial charge in [0.1, 0.15) is 0 Å². The lowest BCUT2D eigenvalue weighted by Gasteiger charge is -2.21. The zero-order valence-electron chi connectivity index (χ0n) is 12.9. The van der Waals surface area contributed by atoms with Crippen LogP contribution in [0, 0.1) is 5.92 Å². The molecule has 0 saturated heterocycles. The molecule has 22 heavy (non-hydrogen) atoms. The standard InChI is InChI=1S/C15H24N2O4S/c1-16-22(19,20)14-10-9-13(21-14)15(18)17-11-5-8-12-6-3-2-4-7-12/h9-10,12,16H,2-8,11H2,1H3,(H,17,18). The summed E-state index contributed by atoms with van der Waals surface area (Å²) in [6, 6.07) is 2.66. The second-order valence-electron chi connectivity index (χ2n) is 5.73. The normalized spacial score (nSPS) is 16.6. The first-order valence-electron chi connectivity index (χ1n) is 7.84. The van der Waals surface area contributed by atoms with Gasteiger partial charge in [-0.2, -0.15) is 0 Å². The summed E-state index contributed by atoms with van der Waals surface area (Å²) in [5.41, 5.74) is 0. The van der Waals surface area contributed by atoms with E-state index in [1.165, 1.54) is 51.3 Å². The number of rotatable bonds is 7. The van der Waals surface area contributed by atoms with E-state index in [4.69, 9.17) is 4.42 Å². The van der Waals surface area contributed by atoms with Gasteiger partial charge in [-0.05, 0) is 37.9 Å². The summed E-state index contributed by atoms with van der Waals surface area (Å²) in [6.45, 7) is 0.587. The Morgan fingerprint density at radius 1 is 1.27 bits per heavy atom. The Hall–Kier alpha value is -1.34. The molecule has 1 aromatic heterocycles. The number of amides is 1. The van der Waals surface area contributed by atoms with Crippen LogP contribution in [0.3, 0.4) is 0 Å². The molecule has 7 heteroatoms. The largest absolute Gasteiger partial charge is 0.438 e. The molecule has 0 radical (unpaired) electrons. The Morgan fingerprint density at radius 2 is 2.00 bits per heavy atom. The summed E-state index contributed by atoms with van der Waals surface area (Å²) in [5.74, 6) is 0.439. The van der Waals surface area contributed by atoms with Crippen molar-refractivity contribution >= 4 is 15.9 Å². The van der Waals surface area contributed by atoms with Crippen LogP contribution >= 0.6 is 0 Å². The zero-order chi connectivity index (χ0) is 16.0. The molecular formula is C15H24N2O4S. The second-order valence-corrected chi connectivity index (χ2v) is 7.55. The third kappa shape index (κ3) is 4.58. The van der Waals surface area contributed by atoms with E-state index in [1.807, 2.05) is 0 Å². The summed E-state index contributed by atoms with van der Waals surface area (Å²) in [4.78, 5) is 11.9. The number of hydrogen-bond donors (Lipinski definition) is 2. The van der Waals surface area contributed by atoms with Crippen molar-refractivity contribution in [2.45, 2.75) is 50.0 Å². The Kier molecular flexibility index (Phi) is 6.02. The maximum Gasteiger partial charge on any atom is 0.287 e. The van der Waals surface area contributed by atoms with Crippen molar-refractivity contribution < 1.29 is 17.6 Å². The monoisotopic (exact) mass is 328 g/mol. The number of sulfonamides is 1. The van der Waals surface area contributed by atoms with Crippen LogP contribution in [0.1, 0.15) is 55.5 Å². The Bertz CT molecular complexity index is 588. The van der Waals surface area contributed by atoms with Crippen molar-refractivity contribution in [1.29, 1.82) is 0 Å². The minimum absolute atomic E-state index is 0.0199. The average Bonchev–Trinajstić information content (AvgIpc) is 3.03. The van der Waals surface area contributed by atoms with Crippen LogP contribution in [0.2, 0.25) is 0 Å². The van der Waals surface area contributed by atoms with E-state index in [9.17, 15) is 13.2 Å². The van der Waals surface area contributed by atoms with Crippen LogP contribution in [0.25, 0.3) is 0 Å². The first-order chi connectivity index (χ1) is 10.5. The van der Waals surface area contributed by atoms with Gasteiger partial charge in [-0.15, -0.1) is 0 Å². The van der Waals surface area contributed by atoms with Crippen molar-refractivity contribution in [3.63, 3.8) is 0 Å². The number of hydrogen-bond acceptors (Lipinski definition) is 4. The molecule has 1 aliphatic rings. The molecule has 1 amide bonds. The highest BCUT2D eigenvalue weighted by Crippen LogP contribution is 2.26. The van der Waals surface area contributed by atoms with Crippen molar-refractivity contribution in [2.75, 3.05) is 13.6 Å². The van der Waals surface area contributed by atoms with Gasteiger partial charge in [0, 0.05) is 6.54 Å². The van der Waals surface area contributed by atoms with Gasteiger partial charge < -0.3 is 9.73 Å². The van der Waals surface area contributed by atoms with E-state index in [-0.39, 0.29) is 16.8 Å². The minimum atomic E-state index is -3.65. The zero-order valence-corrected chi connectivity index (χ0v) is 13.7. The Labute approximate surface area is 131 Å². The van der Waals surface area contributed by atoms with Crippen LogP contribution < -0.4 is 10.0 Å². The quantitative estimate of drug-likeness (QED) is 0.752. The average molecular weight is 328 g/mol. The molecule has 2 N–H and O–H groups in total. The van der Waals surface area contributed by atoms with Gasteiger partial charge in [0.05, 0.1) is 0 Å². The van der Waals surface area contributed by atoms with Gasteiger partial charge in [-0.1, -0.05) is 32.1 Å². The van der Waals surface area contributed by atoms with Gasteiger partial charge in [-0.25, -0.2) is 13.1 Å². The molecule has 0 aliphatic heterocycles. The lowest BCUT2D eigenvalue weighted by atomic mass is 9.86. The fourth-order valence-electron chi connectivity index (χ4n) is 2.84. The van der Waals surface area contributed by atoms with Crippen molar-refractivity contribution in [3.8, 4) is 0 Å². The molecule has 0 unspecified atom stereocenters. The number of furan rings is 1. The highest BCUT2D eigenvalue weighted by Gasteiger charge is 2.19. The fourth-order valence-corrected chi connectivity index (χ4v) is 3.49. The van der Waals surface area contributed by atoms with Gasteiger partial charge in [0.2, 0.25) is 5.09 Å². The van der Waals surface area contributed by atoms with Crippen LogP contribution in [-0.2, 0) is 10.0 Å². The van der Waals surface area contributed by atoms with Crippen LogP contribution in [-0.4, -0.2) is 27.9 Å². The van der Waals surface area contributed by atoms with E-state index >= 15 is 0 Å². The molecule has 0 aromatic carbocycles. The minimum Gasteiger partial charge on any atom is -0.438 e. The van der Waals surface area contributed by atoms with Crippen LogP contribution in [0.4, 0.5) is 0 Å². The summed E-state index contributed by atoms with van der Waals surface area (Å²) in [5, 5.41) is 2.53. The second kappa shape index (κ2) is 7.78. The molecule has 1 aliphatic carbocycles. The van der Waals surface area contributed by atoms with Gasteiger partial charge in [-0.3, -0.25) is 4.79 Å². The highest BCUT2D eigenvalue weighted by atomic mass is 32.2. The van der Waals surface area contributed by atoms with E-state index < -0.39 is 10.0 Å². The summed E-state index contributed by atoms with van der Waals surface area (Å²) >= 11 is 0. The maximum absolute atomic E-state index is 11.9. The predicted octanol–water partition coefficient (Wildman–Crippen LogP) is 2.28. The van der Waals surface area contributed by atoms with Gasteiger partial charge in [0.15, 0.2) is 5.76 Å². The topological polar surface area (TPSA) is 88.4 Å². The first kappa shape index (κ1) is 17.0. The van der Waals surface area contributed by atoms with E-state index in [2.05, 4.69) is 10.0 Å². The molecule has 0 atom stereocenters. The lowest BCUT2D eigenvalue weighted by Crippen LogP contribution is -2.24. The molecule has 124 valence electrons. The third-order valence-corrected chi connectivity index (χ3v) is 5.42. The Morgan fingerprint density at radius 3 is 2.68 bits per heavy atom. The summed E-state index contributed by atoms with van der Waals surface area (Å²) < 4.78 is 30.3. The van der Waals surface area contributed by atoms with E-state index in [1.54, 1.807) is 0 Å². The predicted molar refractivity (Wildman–Crippen MR) is 83.1 cm³/mol. The number of carbonyl (C=O) groups excluding carboxylic acids is 1. The molecule has 0 spiro atoms. The van der Waals surface area contributed by atoms with Crippen LogP contribution in [0.15, 0.2) is 21.6 Å². The number of carbonyl (C=O) groups is 1. The maximum atomic E-state index is 11.9. The van der Waals surface area contributed by atoms with E-state index in [0.717, 1.165) is 18.8 Å². The summed E-state index contributed by atoms with van der Waals surface area (Å²) in [7, 11) is -2.35. The van der Waals surface area contributed by atoms with Crippen molar-refractivity contribution in [1.82, 2.24) is 10.0 Å². The first-order valence-corrected chi connectivity index (χ1v) is 9.33. The summed E-state index contributed by atoms with van der Waals surface area (Å²) in [6.07, 6.45) is 8.69. The molecule has 0 bridgehead atoms. The molecule has 6 nitrogen and oxygen atoms in total. The highest BCUT2D eigenvalue weighted by molar-refractivity contribution is 7.89. The van der Waals surface area contributed by atoms with Gasteiger partial charge in [0.25, 0.3) is 15.9 Å². The van der Waals surface area contributed by atoms with E-state index in [0.29, 0.717) is 6.54 Å².